The van der Waals surface area contributed by atoms with Gasteiger partial charge in [0.05, 0.1) is 25.3 Å². The molecule has 2 rings (SSSR count). The fraction of sp³-hybridized carbons (Fsp3) is 0.562. The minimum atomic E-state index is -0.105. The first-order chi connectivity index (χ1) is 10.7. The molecule has 7 heteroatoms. The second kappa shape index (κ2) is 9.69. The van der Waals surface area contributed by atoms with Gasteiger partial charge in [-0.1, -0.05) is 6.07 Å². The molecule has 128 valence electrons. The van der Waals surface area contributed by atoms with Crippen molar-refractivity contribution < 1.29 is 9.53 Å². The van der Waals surface area contributed by atoms with Crippen LogP contribution in [0.5, 0.6) is 0 Å². The van der Waals surface area contributed by atoms with Gasteiger partial charge in [0.25, 0.3) is 0 Å². The molecule has 0 aliphatic carbocycles. The smallest absolute Gasteiger partial charge is 0.308 e. The highest BCUT2D eigenvalue weighted by molar-refractivity contribution is 14.0. The molecule has 1 N–H and O–H groups in total. The lowest BCUT2D eigenvalue weighted by Crippen LogP contribution is -2.46. The molecule has 0 atom stereocenters. The second-order valence-electron chi connectivity index (χ2n) is 5.45. The lowest BCUT2D eigenvalue weighted by atomic mass is 9.97. The number of esters is 1. The van der Waals surface area contributed by atoms with Crippen LogP contribution in [-0.2, 0) is 16.1 Å². The molecule has 1 saturated heterocycles. The number of piperidine rings is 1. The number of hydrogen-bond acceptors (Lipinski definition) is 4. The molecule has 0 unspecified atom stereocenters. The molecule has 2 heterocycles. The van der Waals surface area contributed by atoms with Gasteiger partial charge in [-0.05, 0) is 31.4 Å². The van der Waals surface area contributed by atoms with Gasteiger partial charge < -0.3 is 15.0 Å². The number of ether oxygens (including phenoxy) is 1. The van der Waals surface area contributed by atoms with Crippen molar-refractivity contribution in [1.82, 2.24) is 15.2 Å². The maximum absolute atomic E-state index is 11.6. The van der Waals surface area contributed by atoms with E-state index in [2.05, 4.69) is 33.2 Å². The predicted octanol–water partition coefficient (Wildman–Crippen LogP) is 1.97. The van der Waals surface area contributed by atoms with Gasteiger partial charge in [0.15, 0.2) is 5.96 Å². The van der Waals surface area contributed by atoms with Crippen LogP contribution in [-0.4, -0.2) is 49.1 Å². The molecule has 1 aromatic rings. The standard InChI is InChI=1S/C16H24N4O2.HI/c1-12-5-4-8-18-14(12)11-19-16(17-2)20-9-6-13(7-10-20)15(21)22-3;/h4-5,8,13H,6-7,9-11H2,1-3H3,(H,17,19);1H. The summed E-state index contributed by atoms with van der Waals surface area (Å²) in [6, 6.07) is 3.99. The molecule has 0 amide bonds. The largest absolute Gasteiger partial charge is 0.469 e. The van der Waals surface area contributed by atoms with Gasteiger partial charge >= 0.3 is 5.97 Å². The molecule has 1 aliphatic heterocycles. The molecule has 0 bridgehead atoms. The second-order valence-corrected chi connectivity index (χ2v) is 5.45. The third kappa shape index (κ3) is 5.33. The van der Waals surface area contributed by atoms with Gasteiger partial charge in [-0.2, -0.15) is 0 Å². The van der Waals surface area contributed by atoms with Gasteiger partial charge in [0.1, 0.15) is 0 Å². The molecule has 1 aliphatic rings. The summed E-state index contributed by atoms with van der Waals surface area (Å²) in [5, 5.41) is 3.35. The van der Waals surface area contributed by atoms with Crippen LogP contribution in [0.2, 0.25) is 0 Å². The topological polar surface area (TPSA) is 66.8 Å². The van der Waals surface area contributed by atoms with Crippen LogP contribution in [0.4, 0.5) is 0 Å². The van der Waals surface area contributed by atoms with E-state index in [4.69, 9.17) is 4.74 Å². The predicted molar refractivity (Wildman–Crippen MR) is 101 cm³/mol. The number of aryl methyl sites for hydroxylation is 1. The van der Waals surface area contributed by atoms with Crippen molar-refractivity contribution in [3.63, 3.8) is 0 Å². The van der Waals surface area contributed by atoms with Crippen molar-refractivity contribution in [3.05, 3.63) is 29.6 Å². The van der Waals surface area contributed by atoms with Crippen molar-refractivity contribution in [2.45, 2.75) is 26.3 Å². The average Bonchev–Trinajstić information content (AvgIpc) is 2.56. The number of carbonyl (C=O) groups excluding carboxylic acids is 1. The zero-order valence-electron chi connectivity index (χ0n) is 13.9. The maximum atomic E-state index is 11.6. The third-order valence-corrected chi connectivity index (χ3v) is 4.07. The van der Waals surface area contributed by atoms with Crippen LogP contribution in [0.3, 0.4) is 0 Å². The lowest BCUT2D eigenvalue weighted by Gasteiger charge is -2.33. The number of carbonyl (C=O) groups is 1. The number of methoxy groups -OCH3 is 1. The van der Waals surface area contributed by atoms with Crippen LogP contribution in [0.15, 0.2) is 23.3 Å². The van der Waals surface area contributed by atoms with Gasteiger partial charge in [-0.25, -0.2) is 0 Å². The zero-order valence-corrected chi connectivity index (χ0v) is 16.2. The van der Waals surface area contributed by atoms with E-state index in [0.717, 1.165) is 43.1 Å². The van der Waals surface area contributed by atoms with Crippen LogP contribution < -0.4 is 5.32 Å². The first-order valence-electron chi connectivity index (χ1n) is 7.59. The van der Waals surface area contributed by atoms with Crippen LogP contribution >= 0.6 is 24.0 Å². The van der Waals surface area contributed by atoms with Crippen molar-refractivity contribution in [2.24, 2.45) is 10.9 Å². The molecule has 0 aromatic carbocycles. The molecule has 0 radical (unpaired) electrons. The van der Waals surface area contributed by atoms with Crippen LogP contribution in [0.1, 0.15) is 24.1 Å². The van der Waals surface area contributed by atoms with Crippen molar-refractivity contribution in [1.29, 1.82) is 0 Å². The lowest BCUT2D eigenvalue weighted by molar-refractivity contribution is -0.146. The van der Waals surface area contributed by atoms with Gasteiger partial charge in [0, 0.05) is 26.3 Å². The number of nitrogens with zero attached hydrogens (tertiary/aromatic N) is 3. The van der Waals surface area contributed by atoms with Gasteiger partial charge in [-0.15, -0.1) is 24.0 Å². The average molecular weight is 432 g/mol. The SMILES string of the molecule is CN=C(NCc1ncccc1C)N1CCC(C(=O)OC)CC1.I. The summed E-state index contributed by atoms with van der Waals surface area (Å²) in [5.74, 6) is 0.762. The number of hydrogen-bond donors (Lipinski definition) is 1. The van der Waals surface area contributed by atoms with E-state index in [1.807, 2.05) is 6.07 Å². The summed E-state index contributed by atoms with van der Waals surface area (Å²) in [5.41, 5.74) is 2.18. The minimum Gasteiger partial charge on any atom is -0.469 e. The third-order valence-electron chi connectivity index (χ3n) is 4.07. The Kier molecular flexibility index (Phi) is 8.29. The van der Waals surface area contributed by atoms with Gasteiger partial charge in [0.2, 0.25) is 0 Å². The van der Waals surface area contributed by atoms with E-state index in [1.165, 1.54) is 7.11 Å². The Morgan fingerprint density at radius 2 is 2.17 bits per heavy atom. The van der Waals surface area contributed by atoms with Crippen molar-refractivity contribution in [3.8, 4) is 0 Å². The highest BCUT2D eigenvalue weighted by Gasteiger charge is 2.26. The number of likely N-dealkylation sites (tertiary alicyclic amines) is 1. The zero-order chi connectivity index (χ0) is 15.9. The molecule has 23 heavy (non-hydrogen) atoms. The Hall–Kier alpha value is -1.38. The summed E-state index contributed by atoms with van der Waals surface area (Å²) in [6.45, 7) is 4.31. The number of aromatic nitrogens is 1. The van der Waals surface area contributed by atoms with E-state index in [9.17, 15) is 4.79 Å². The Morgan fingerprint density at radius 1 is 1.48 bits per heavy atom. The van der Waals surface area contributed by atoms with Crippen molar-refractivity contribution in [2.75, 3.05) is 27.2 Å². The van der Waals surface area contributed by atoms with E-state index >= 15 is 0 Å². The van der Waals surface area contributed by atoms with E-state index < -0.39 is 0 Å². The molecule has 0 spiro atoms. The van der Waals surface area contributed by atoms with Crippen molar-refractivity contribution >= 4 is 35.9 Å². The quantitative estimate of drug-likeness (QED) is 0.343. The Bertz CT molecular complexity index is 543. The molecule has 0 saturated carbocycles. The molecule has 1 fully saturated rings. The molecule has 6 nitrogen and oxygen atoms in total. The number of halogens is 1. The normalized spacial score (nSPS) is 15.8. The fourth-order valence-corrected chi connectivity index (χ4v) is 2.69. The Balaban J connectivity index is 0.00000264. The first-order valence-corrected chi connectivity index (χ1v) is 7.59. The highest BCUT2D eigenvalue weighted by atomic mass is 127. The Labute approximate surface area is 154 Å². The summed E-state index contributed by atoms with van der Waals surface area (Å²) in [6.07, 6.45) is 3.40. The minimum absolute atomic E-state index is 0. The summed E-state index contributed by atoms with van der Waals surface area (Å²) in [7, 11) is 3.23. The van der Waals surface area contributed by atoms with Crippen LogP contribution in [0, 0.1) is 12.8 Å². The fourth-order valence-electron chi connectivity index (χ4n) is 2.69. The summed E-state index contributed by atoms with van der Waals surface area (Å²) in [4.78, 5) is 22.5. The van der Waals surface area contributed by atoms with E-state index in [1.54, 1.807) is 13.2 Å². The number of rotatable bonds is 3. The highest BCUT2D eigenvalue weighted by Crippen LogP contribution is 2.18. The summed E-state index contributed by atoms with van der Waals surface area (Å²) >= 11 is 0. The van der Waals surface area contributed by atoms with Crippen LogP contribution in [0.25, 0.3) is 0 Å². The Morgan fingerprint density at radius 3 is 2.74 bits per heavy atom. The van der Waals surface area contributed by atoms with E-state index in [0.29, 0.717) is 6.54 Å². The number of guanidine groups is 1. The number of pyridine rings is 1. The summed E-state index contributed by atoms with van der Waals surface area (Å²) < 4.78 is 4.82. The molecular weight excluding hydrogens is 407 g/mol. The number of nitrogens with one attached hydrogen (secondary N) is 1. The molecular formula is C16H25IN4O2. The first kappa shape index (κ1) is 19.7. The number of aliphatic imine (C=N–C) groups is 1. The maximum Gasteiger partial charge on any atom is 0.308 e. The molecule has 1 aromatic heterocycles. The monoisotopic (exact) mass is 432 g/mol. The van der Waals surface area contributed by atoms with Gasteiger partial charge in [-0.3, -0.25) is 14.8 Å². The van der Waals surface area contributed by atoms with E-state index in [-0.39, 0.29) is 35.9 Å².